The molecule has 2 rings (SSSR count). The molecular formula is C15H10F6. The quantitative estimate of drug-likeness (QED) is 0.593. The number of hydrogen-bond acceptors (Lipinski definition) is 0. The first-order valence-electron chi connectivity index (χ1n) is 5.94. The number of benzene rings is 2. The van der Waals surface area contributed by atoms with E-state index < -0.39 is 29.0 Å². The minimum absolute atomic E-state index is 0.0963. The summed E-state index contributed by atoms with van der Waals surface area (Å²) >= 11 is 0. The summed E-state index contributed by atoms with van der Waals surface area (Å²) < 4.78 is 77.0. The van der Waals surface area contributed by atoms with Crippen LogP contribution in [0.2, 0.25) is 0 Å². The lowest BCUT2D eigenvalue weighted by Crippen LogP contribution is -2.11. The van der Waals surface area contributed by atoms with Crippen LogP contribution in [0.4, 0.5) is 26.3 Å². The van der Waals surface area contributed by atoms with Crippen LogP contribution in [0, 0.1) is 6.92 Å². The zero-order valence-electron chi connectivity index (χ0n) is 10.8. The summed E-state index contributed by atoms with van der Waals surface area (Å²) in [6.45, 7) is 1.74. The molecule has 0 nitrogen and oxygen atoms in total. The molecule has 112 valence electrons. The highest BCUT2D eigenvalue weighted by atomic mass is 19.4. The predicted octanol–water partition coefficient (Wildman–Crippen LogP) is 5.70. The Balaban J connectivity index is 2.67. The fourth-order valence-electron chi connectivity index (χ4n) is 1.94. The van der Waals surface area contributed by atoms with Crippen molar-refractivity contribution in [3.05, 3.63) is 59.2 Å². The predicted molar refractivity (Wildman–Crippen MR) is 66.6 cm³/mol. The van der Waals surface area contributed by atoms with Crippen LogP contribution in [-0.2, 0) is 12.4 Å². The topological polar surface area (TPSA) is 0 Å². The Bertz CT molecular complexity index is 635. The Morgan fingerprint density at radius 1 is 0.714 bits per heavy atom. The molecule has 0 aromatic heterocycles. The molecule has 2 aromatic rings. The SMILES string of the molecule is Cc1ccc(-c2cc(C(F)(F)F)ccc2C(F)(F)F)cc1. The van der Waals surface area contributed by atoms with E-state index in [0.29, 0.717) is 18.2 Å². The van der Waals surface area contributed by atoms with Crippen LogP contribution in [-0.4, -0.2) is 0 Å². The highest BCUT2D eigenvalue weighted by Gasteiger charge is 2.37. The average molecular weight is 304 g/mol. The monoisotopic (exact) mass is 304 g/mol. The Morgan fingerprint density at radius 3 is 1.76 bits per heavy atom. The van der Waals surface area contributed by atoms with Gasteiger partial charge in [0.05, 0.1) is 11.1 Å². The molecule has 0 heterocycles. The zero-order valence-corrected chi connectivity index (χ0v) is 10.8. The normalized spacial score (nSPS) is 12.5. The van der Waals surface area contributed by atoms with Crippen LogP contribution in [0.5, 0.6) is 0 Å². The third-order valence-electron chi connectivity index (χ3n) is 3.01. The van der Waals surface area contributed by atoms with Crippen LogP contribution >= 0.6 is 0 Å². The largest absolute Gasteiger partial charge is 0.417 e. The molecule has 0 N–H and O–H groups in total. The van der Waals surface area contributed by atoms with Gasteiger partial charge in [-0.1, -0.05) is 29.8 Å². The number of rotatable bonds is 1. The lowest BCUT2D eigenvalue weighted by atomic mass is 9.96. The molecular weight excluding hydrogens is 294 g/mol. The van der Waals surface area contributed by atoms with Gasteiger partial charge in [0.1, 0.15) is 0 Å². The van der Waals surface area contributed by atoms with Gasteiger partial charge in [0, 0.05) is 0 Å². The molecule has 0 spiro atoms. The van der Waals surface area contributed by atoms with Crippen molar-refractivity contribution in [1.29, 1.82) is 0 Å². The maximum Gasteiger partial charge on any atom is 0.417 e. The first-order chi connectivity index (χ1) is 9.59. The van der Waals surface area contributed by atoms with Gasteiger partial charge in [-0.25, -0.2) is 0 Å². The van der Waals surface area contributed by atoms with Gasteiger partial charge in [-0.2, -0.15) is 26.3 Å². The van der Waals surface area contributed by atoms with Gasteiger partial charge < -0.3 is 0 Å². The van der Waals surface area contributed by atoms with Gasteiger partial charge in [-0.3, -0.25) is 0 Å². The van der Waals surface area contributed by atoms with Crippen molar-refractivity contribution in [2.75, 3.05) is 0 Å². The maximum absolute atomic E-state index is 13.0. The number of alkyl halides is 6. The van der Waals surface area contributed by atoms with Gasteiger partial charge in [0.25, 0.3) is 0 Å². The summed E-state index contributed by atoms with van der Waals surface area (Å²) in [5.74, 6) is 0. The Kier molecular flexibility index (Phi) is 3.74. The molecule has 0 aliphatic rings. The molecule has 0 saturated carbocycles. The van der Waals surface area contributed by atoms with Gasteiger partial charge >= 0.3 is 12.4 Å². The van der Waals surface area contributed by atoms with Crippen molar-refractivity contribution in [2.45, 2.75) is 19.3 Å². The molecule has 21 heavy (non-hydrogen) atoms. The van der Waals surface area contributed by atoms with E-state index in [2.05, 4.69) is 0 Å². The average Bonchev–Trinajstić information content (AvgIpc) is 2.37. The van der Waals surface area contributed by atoms with E-state index in [1.54, 1.807) is 19.1 Å². The van der Waals surface area contributed by atoms with E-state index in [-0.39, 0.29) is 5.56 Å². The van der Waals surface area contributed by atoms with Crippen molar-refractivity contribution in [3.8, 4) is 11.1 Å². The van der Waals surface area contributed by atoms with Crippen molar-refractivity contribution in [3.63, 3.8) is 0 Å². The van der Waals surface area contributed by atoms with Gasteiger partial charge in [0.2, 0.25) is 0 Å². The van der Waals surface area contributed by atoms with E-state index in [4.69, 9.17) is 0 Å². The molecule has 0 bridgehead atoms. The second-order valence-electron chi connectivity index (χ2n) is 4.62. The highest BCUT2D eigenvalue weighted by Crippen LogP contribution is 2.40. The molecule has 0 amide bonds. The first-order valence-corrected chi connectivity index (χ1v) is 5.94. The highest BCUT2D eigenvalue weighted by molar-refractivity contribution is 5.69. The molecule has 0 saturated heterocycles. The number of aryl methyl sites for hydroxylation is 1. The van der Waals surface area contributed by atoms with Crippen molar-refractivity contribution in [2.24, 2.45) is 0 Å². The molecule has 2 aromatic carbocycles. The van der Waals surface area contributed by atoms with Crippen molar-refractivity contribution in [1.82, 2.24) is 0 Å². The molecule has 6 heteroatoms. The lowest BCUT2D eigenvalue weighted by molar-refractivity contribution is -0.141. The van der Waals surface area contributed by atoms with Crippen LogP contribution < -0.4 is 0 Å². The van der Waals surface area contributed by atoms with Crippen molar-refractivity contribution < 1.29 is 26.3 Å². The molecule has 0 fully saturated rings. The van der Waals surface area contributed by atoms with Gasteiger partial charge in [-0.05, 0) is 36.2 Å². The fraction of sp³-hybridized carbons (Fsp3) is 0.200. The van der Waals surface area contributed by atoms with E-state index in [0.717, 1.165) is 5.56 Å². The van der Waals surface area contributed by atoms with E-state index >= 15 is 0 Å². The van der Waals surface area contributed by atoms with Gasteiger partial charge in [0.15, 0.2) is 0 Å². The summed E-state index contributed by atoms with van der Waals surface area (Å²) in [6, 6.07) is 7.30. The second-order valence-corrected chi connectivity index (χ2v) is 4.62. The van der Waals surface area contributed by atoms with Gasteiger partial charge in [-0.15, -0.1) is 0 Å². The minimum atomic E-state index is -4.72. The number of halogens is 6. The molecule has 0 aliphatic heterocycles. The fourth-order valence-corrected chi connectivity index (χ4v) is 1.94. The number of hydrogen-bond donors (Lipinski definition) is 0. The van der Waals surface area contributed by atoms with E-state index in [9.17, 15) is 26.3 Å². The summed E-state index contributed by atoms with van der Waals surface area (Å²) in [6.07, 6.45) is -9.41. The molecule has 0 aliphatic carbocycles. The molecule has 0 atom stereocenters. The summed E-state index contributed by atoms with van der Waals surface area (Å²) in [4.78, 5) is 0. The summed E-state index contributed by atoms with van der Waals surface area (Å²) in [5, 5.41) is 0. The van der Waals surface area contributed by atoms with Crippen molar-refractivity contribution >= 4 is 0 Å². The summed E-state index contributed by atoms with van der Waals surface area (Å²) in [5.41, 5.74) is -1.76. The Hall–Kier alpha value is -1.98. The van der Waals surface area contributed by atoms with Crippen LogP contribution in [0.1, 0.15) is 16.7 Å². The zero-order chi connectivity index (χ0) is 15.8. The third kappa shape index (κ3) is 3.37. The standard InChI is InChI=1S/C15H10F6/c1-9-2-4-10(5-3-9)12-8-11(14(16,17)18)6-7-13(12)15(19,20)21/h2-8H,1H3. The van der Waals surface area contributed by atoms with Crippen LogP contribution in [0.25, 0.3) is 11.1 Å². The molecule has 0 unspecified atom stereocenters. The smallest absolute Gasteiger partial charge is 0.166 e. The minimum Gasteiger partial charge on any atom is -0.166 e. The first kappa shape index (κ1) is 15.4. The second kappa shape index (κ2) is 5.09. The maximum atomic E-state index is 13.0. The Labute approximate surface area is 117 Å². The summed E-state index contributed by atoms with van der Waals surface area (Å²) in [7, 11) is 0. The third-order valence-corrected chi connectivity index (χ3v) is 3.01. The van der Waals surface area contributed by atoms with Crippen LogP contribution in [0.15, 0.2) is 42.5 Å². The van der Waals surface area contributed by atoms with Crippen LogP contribution in [0.3, 0.4) is 0 Å². The molecule has 0 radical (unpaired) electrons. The lowest BCUT2D eigenvalue weighted by Gasteiger charge is -2.16. The van der Waals surface area contributed by atoms with E-state index in [1.807, 2.05) is 0 Å². The van der Waals surface area contributed by atoms with E-state index in [1.165, 1.54) is 12.1 Å². The Morgan fingerprint density at radius 2 is 1.29 bits per heavy atom.